The Kier molecular flexibility index (Phi) is 2.97. The third-order valence-electron chi connectivity index (χ3n) is 3.20. The highest BCUT2D eigenvalue weighted by molar-refractivity contribution is 7.19. The van der Waals surface area contributed by atoms with Crippen LogP contribution in [0.5, 0.6) is 0 Å². The van der Waals surface area contributed by atoms with Gasteiger partial charge in [0, 0.05) is 6.20 Å². The highest BCUT2D eigenvalue weighted by atomic mass is 32.1. The Hall–Kier alpha value is -2.93. The van der Waals surface area contributed by atoms with Gasteiger partial charge in [-0.1, -0.05) is 17.4 Å². The van der Waals surface area contributed by atoms with Crippen LogP contribution in [-0.4, -0.2) is 20.2 Å². The zero-order chi connectivity index (χ0) is 14.9. The molecule has 3 N–H and O–H groups in total. The van der Waals surface area contributed by atoms with E-state index in [1.54, 1.807) is 18.7 Å². The fraction of sp³-hybridized carbons (Fsp3) is 0. The molecule has 0 bridgehead atoms. The third kappa shape index (κ3) is 2.08. The minimum absolute atomic E-state index is 0.488. The predicted molar refractivity (Wildman–Crippen MR) is 85.0 cm³/mol. The normalized spacial score (nSPS) is 10.9. The van der Waals surface area contributed by atoms with E-state index in [9.17, 15) is 0 Å². The molecule has 7 heteroatoms. The van der Waals surface area contributed by atoms with Gasteiger partial charge in [-0.3, -0.25) is 10.1 Å². The summed E-state index contributed by atoms with van der Waals surface area (Å²) in [4.78, 5) is 9.75. The molecule has 0 unspecified atom stereocenters. The number of anilines is 1. The summed E-state index contributed by atoms with van der Waals surface area (Å²) in [6.45, 7) is 0. The van der Waals surface area contributed by atoms with Gasteiger partial charge in [0.25, 0.3) is 0 Å². The van der Waals surface area contributed by atoms with Crippen LogP contribution >= 0.6 is 11.3 Å². The zero-order valence-corrected chi connectivity index (χ0v) is 12.2. The van der Waals surface area contributed by atoms with Crippen LogP contribution in [0.4, 0.5) is 5.13 Å². The van der Waals surface area contributed by atoms with Gasteiger partial charge in [0.15, 0.2) is 10.9 Å². The van der Waals surface area contributed by atoms with Gasteiger partial charge < -0.3 is 10.2 Å². The molecule has 0 saturated carbocycles. The summed E-state index contributed by atoms with van der Waals surface area (Å²) in [5, 5.41) is 7.56. The average Bonchev–Trinajstić information content (AvgIpc) is 3.27. The van der Waals surface area contributed by atoms with E-state index >= 15 is 0 Å². The first kappa shape index (κ1) is 12.8. The monoisotopic (exact) mass is 309 g/mol. The van der Waals surface area contributed by atoms with Crippen molar-refractivity contribution in [2.24, 2.45) is 0 Å². The standard InChI is InChI=1S/C15H11N5OS/c16-15-19-13(14(22-15)10-4-1-2-6-17-10)9-8-18-20-12(9)11-5-3-7-21-11/h1-8H,(H2,16,19)(H,18,20). The summed E-state index contributed by atoms with van der Waals surface area (Å²) in [6, 6.07) is 9.44. The summed E-state index contributed by atoms with van der Waals surface area (Å²) in [7, 11) is 0. The van der Waals surface area contributed by atoms with E-state index in [0.29, 0.717) is 10.9 Å². The number of pyridine rings is 1. The molecule has 22 heavy (non-hydrogen) atoms. The van der Waals surface area contributed by atoms with E-state index in [0.717, 1.165) is 27.5 Å². The molecule has 0 radical (unpaired) electrons. The summed E-state index contributed by atoms with van der Waals surface area (Å²) < 4.78 is 5.45. The van der Waals surface area contributed by atoms with Crippen LogP contribution in [0.15, 0.2) is 53.4 Å². The van der Waals surface area contributed by atoms with E-state index in [1.807, 2.05) is 30.3 Å². The first-order chi connectivity index (χ1) is 10.8. The van der Waals surface area contributed by atoms with Crippen LogP contribution in [0, 0.1) is 0 Å². The van der Waals surface area contributed by atoms with E-state index < -0.39 is 0 Å². The number of hydrogen-bond acceptors (Lipinski definition) is 6. The molecule has 0 atom stereocenters. The molecule has 0 aromatic carbocycles. The highest BCUT2D eigenvalue weighted by Crippen LogP contribution is 2.40. The van der Waals surface area contributed by atoms with Crippen molar-refractivity contribution in [3.8, 4) is 33.3 Å². The van der Waals surface area contributed by atoms with Crippen LogP contribution in [0.1, 0.15) is 0 Å². The van der Waals surface area contributed by atoms with Gasteiger partial charge >= 0.3 is 0 Å². The first-order valence-corrected chi connectivity index (χ1v) is 7.40. The topological polar surface area (TPSA) is 93.6 Å². The molecule has 6 nitrogen and oxygen atoms in total. The van der Waals surface area contributed by atoms with Crippen molar-refractivity contribution in [3.05, 3.63) is 49.0 Å². The quantitative estimate of drug-likeness (QED) is 0.604. The highest BCUT2D eigenvalue weighted by Gasteiger charge is 2.20. The summed E-state index contributed by atoms with van der Waals surface area (Å²) >= 11 is 1.40. The lowest BCUT2D eigenvalue weighted by Gasteiger charge is -2.01. The minimum atomic E-state index is 0.488. The molecule has 4 aromatic heterocycles. The van der Waals surface area contributed by atoms with Crippen LogP contribution in [-0.2, 0) is 0 Å². The van der Waals surface area contributed by atoms with Crippen molar-refractivity contribution >= 4 is 16.5 Å². The molecule has 0 spiro atoms. The van der Waals surface area contributed by atoms with Crippen molar-refractivity contribution in [2.45, 2.75) is 0 Å². The lowest BCUT2D eigenvalue weighted by molar-refractivity contribution is 0.580. The predicted octanol–water partition coefficient (Wildman–Crippen LogP) is 3.44. The molecule has 0 fully saturated rings. The Balaban J connectivity index is 1.90. The maximum atomic E-state index is 5.92. The molecule has 4 rings (SSSR count). The van der Waals surface area contributed by atoms with E-state index in [2.05, 4.69) is 20.2 Å². The SMILES string of the molecule is Nc1nc(-c2cn[nH]c2-c2ccco2)c(-c2ccccn2)s1. The van der Waals surface area contributed by atoms with Gasteiger partial charge in [0.1, 0.15) is 5.69 Å². The van der Waals surface area contributed by atoms with Crippen molar-refractivity contribution in [3.63, 3.8) is 0 Å². The summed E-state index contributed by atoms with van der Waals surface area (Å²) in [5.74, 6) is 0.700. The Bertz CT molecular complexity index is 895. The lowest BCUT2D eigenvalue weighted by Crippen LogP contribution is -1.86. The van der Waals surface area contributed by atoms with Crippen LogP contribution in [0.3, 0.4) is 0 Å². The maximum Gasteiger partial charge on any atom is 0.181 e. The number of H-pyrrole nitrogens is 1. The van der Waals surface area contributed by atoms with Gasteiger partial charge in [-0.15, -0.1) is 0 Å². The number of thiazole rings is 1. The molecule has 0 aliphatic carbocycles. The Morgan fingerprint density at radius 1 is 1.18 bits per heavy atom. The number of furan rings is 1. The van der Waals surface area contributed by atoms with Crippen LogP contribution in [0.2, 0.25) is 0 Å². The van der Waals surface area contributed by atoms with Crippen molar-refractivity contribution in [1.29, 1.82) is 0 Å². The smallest absolute Gasteiger partial charge is 0.181 e. The molecule has 0 amide bonds. The zero-order valence-electron chi connectivity index (χ0n) is 11.4. The Labute approximate surface area is 129 Å². The molecule has 4 heterocycles. The lowest BCUT2D eigenvalue weighted by atomic mass is 10.1. The van der Waals surface area contributed by atoms with Crippen molar-refractivity contribution in [2.75, 3.05) is 5.73 Å². The Morgan fingerprint density at radius 3 is 2.91 bits per heavy atom. The third-order valence-corrected chi connectivity index (χ3v) is 4.11. The number of nitrogens with zero attached hydrogens (tertiary/aromatic N) is 3. The molecule has 0 saturated heterocycles. The van der Waals surface area contributed by atoms with E-state index in [1.165, 1.54) is 11.3 Å². The molecule has 0 aliphatic rings. The van der Waals surface area contributed by atoms with Gasteiger partial charge in [-0.25, -0.2) is 4.98 Å². The summed E-state index contributed by atoms with van der Waals surface area (Å²) in [5.41, 5.74) is 9.11. The molecular weight excluding hydrogens is 298 g/mol. The number of nitrogens with two attached hydrogens (primary N) is 1. The van der Waals surface area contributed by atoms with Gasteiger partial charge in [0.2, 0.25) is 0 Å². The number of rotatable bonds is 3. The van der Waals surface area contributed by atoms with Gasteiger partial charge in [-0.2, -0.15) is 5.10 Å². The van der Waals surface area contributed by atoms with Crippen molar-refractivity contribution < 1.29 is 4.42 Å². The van der Waals surface area contributed by atoms with E-state index in [4.69, 9.17) is 10.2 Å². The largest absolute Gasteiger partial charge is 0.463 e. The van der Waals surface area contributed by atoms with Crippen LogP contribution in [0.25, 0.3) is 33.3 Å². The first-order valence-electron chi connectivity index (χ1n) is 6.58. The maximum absolute atomic E-state index is 5.92. The Morgan fingerprint density at radius 2 is 2.14 bits per heavy atom. The van der Waals surface area contributed by atoms with Crippen molar-refractivity contribution in [1.82, 2.24) is 20.2 Å². The van der Waals surface area contributed by atoms with E-state index in [-0.39, 0.29) is 0 Å². The summed E-state index contributed by atoms with van der Waals surface area (Å²) in [6.07, 6.45) is 5.09. The van der Waals surface area contributed by atoms with Gasteiger partial charge in [-0.05, 0) is 24.3 Å². The second-order valence-electron chi connectivity index (χ2n) is 4.58. The number of hydrogen-bond donors (Lipinski definition) is 2. The number of nitrogens with one attached hydrogen (secondary N) is 1. The molecule has 4 aromatic rings. The second kappa shape index (κ2) is 5.12. The fourth-order valence-corrected chi connectivity index (χ4v) is 3.09. The van der Waals surface area contributed by atoms with Crippen LogP contribution < -0.4 is 5.73 Å². The average molecular weight is 309 g/mol. The molecule has 108 valence electrons. The number of nitrogen functional groups attached to an aromatic ring is 1. The molecule has 0 aliphatic heterocycles. The van der Waals surface area contributed by atoms with Gasteiger partial charge in [0.05, 0.1) is 34.3 Å². The number of aromatic nitrogens is 4. The second-order valence-corrected chi connectivity index (χ2v) is 5.61. The molecular formula is C15H11N5OS. The fourth-order valence-electron chi connectivity index (χ4n) is 2.26. The minimum Gasteiger partial charge on any atom is -0.463 e. The number of aromatic amines is 1.